The first-order valence-electron chi connectivity index (χ1n) is 5.78. The molecule has 1 saturated heterocycles. The van der Waals surface area contributed by atoms with Crippen LogP contribution in [0.3, 0.4) is 0 Å². The third-order valence-electron chi connectivity index (χ3n) is 2.63. The van der Waals surface area contributed by atoms with Crippen molar-refractivity contribution < 1.29 is 14.3 Å². The van der Waals surface area contributed by atoms with Crippen molar-refractivity contribution in [3.8, 4) is 0 Å². The second kappa shape index (κ2) is 8.03. The van der Waals surface area contributed by atoms with Crippen molar-refractivity contribution in [2.75, 3.05) is 31.7 Å². The van der Waals surface area contributed by atoms with E-state index in [2.05, 4.69) is 28.2 Å². The molecule has 1 heterocycles. The highest BCUT2D eigenvalue weighted by Gasteiger charge is 2.30. The molecule has 0 radical (unpaired) electrons. The number of amides is 1. The lowest BCUT2D eigenvalue weighted by Crippen LogP contribution is -2.37. The molecule has 4 nitrogen and oxygen atoms in total. The van der Waals surface area contributed by atoms with Gasteiger partial charge in [0.25, 0.3) is 0 Å². The molecule has 0 bridgehead atoms. The molecule has 2 atom stereocenters. The van der Waals surface area contributed by atoms with E-state index in [0.29, 0.717) is 25.7 Å². The van der Waals surface area contributed by atoms with Crippen LogP contribution in [0.25, 0.3) is 0 Å². The number of alkyl halides is 1. The molecule has 5 heteroatoms. The number of carbonyl (C=O) groups excluding carboxylic acids is 1. The quantitative estimate of drug-likeness (QED) is 0.569. The van der Waals surface area contributed by atoms with Gasteiger partial charge in [-0.2, -0.15) is 0 Å². The first-order chi connectivity index (χ1) is 7.75. The first-order valence-corrected chi connectivity index (χ1v) is 6.91. The lowest BCUT2D eigenvalue weighted by molar-refractivity contribution is -0.131. The third kappa shape index (κ3) is 4.80. The highest BCUT2D eigenvalue weighted by atomic mass is 79.9. The second-order valence-electron chi connectivity index (χ2n) is 4.00. The Kier molecular flexibility index (Phi) is 7.00. The van der Waals surface area contributed by atoms with Gasteiger partial charge in [0.2, 0.25) is 5.91 Å². The van der Waals surface area contributed by atoms with Crippen molar-refractivity contribution in [3.05, 3.63) is 0 Å². The fourth-order valence-electron chi connectivity index (χ4n) is 1.67. The van der Waals surface area contributed by atoms with E-state index in [1.807, 2.05) is 0 Å². The Labute approximate surface area is 105 Å². The van der Waals surface area contributed by atoms with Crippen LogP contribution in [0, 0.1) is 5.92 Å². The summed E-state index contributed by atoms with van der Waals surface area (Å²) in [5, 5.41) is 3.73. The lowest BCUT2D eigenvalue weighted by atomic mass is 10.0. The molecule has 2 unspecified atom stereocenters. The average molecular weight is 294 g/mol. The van der Waals surface area contributed by atoms with Gasteiger partial charge in [0.05, 0.1) is 6.61 Å². The summed E-state index contributed by atoms with van der Waals surface area (Å²) in [7, 11) is 0. The first kappa shape index (κ1) is 13.9. The Bertz CT molecular complexity index is 213. The van der Waals surface area contributed by atoms with Crippen LogP contribution in [0.2, 0.25) is 0 Å². The highest BCUT2D eigenvalue weighted by molar-refractivity contribution is 9.09. The molecular weight excluding hydrogens is 274 g/mol. The Balaban J connectivity index is 2.02. The zero-order valence-electron chi connectivity index (χ0n) is 9.71. The summed E-state index contributed by atoms with van der Waals surface area (Å²) in [6.07, 6.45) is 1.58. The van der Waals surface area contributed by atoms with Crippen LogP contribution < -0.4 is 5.32 Å². The normalized spacial score (nSPS) is 24.6. The summed E-state index contributed by atoms with van der Waals surface area (Å²) in [5.41, 5.74) is 0. The number of carbonyl (C=O) groups is 1. The molecular formula is C11H20BrNO3. The fourth-order valence-corrected chi connectivity index (χ4v) is 1.90. The topological polar surface area (TPSA) is 47.6 Å². The van der Waals surface area contributed by atoms with Gasteiger partial charge in [-0.15, -0.1) is 0 Å². The van der Waals surface area contributed by atoms with Crippen LogP contribution in [-0.2, 0) is 14.3 Å². The molecule has 1 aliphatic heterocycles. The summed E-state index contributed by atoms with van der Waals surface area (Å²) in [5.74, 6) is 0.357. The standard InChI is InChI=1S/C11H20BrNO3/c1-9-3-7-16-10(9)11(14)13-5-2-6-15-8-4-12/h9-10H,2-8H2,1H3,(H,13,14). The van der Waals surface area contributed by atoms with Gasteiger partial charge in [-0.25, -0.2) is 0 Å². The summed E-state index contributed by atoms with van der Waals surface area (Å²) in [6.45, 7) is 4.82. The minimum Gasteiger partial charge on any atom is -0.381 e. The number of ether oxygens (including phenoxy) is 2. The molecule has 94 valence electrons. The van der Waals surface area contributed by atoms with Crippen LogP contribution in [0.5, 0.6) is 0 Å². The molecule has 0 spiro atoms. The predicted octanol–water partition coefficient (Wildman–Crippen LogP) is 1.33. The van der Waals surface area contributed by atoms with Gasteiger partial charge in [0.1, 0.15) is 6.10 Å². The number of hydrogen-bond acceptors (Lipinski definition) is 3. The minimum atomic E-state index is -0.247. The molecule has 1 aliphatic rings. The summed E-state index contributed by atoms with van der Waals surface area (Å²) < 4.78 is 10.7. The van der Waals surface area contributed by atoms with Crippen molar-refractivity contribution in [2.24, 2.45) is 5.92 Å². The number of rotatable bonds is 7. The number of hydrogen-bond donors (Lipinski definition) is 1. The molecule has 1 N–H and O–H groups in total. The molecule has 0 aromatic rings. The van der Waals surface area contributed by atoms with Gasteiger partial charge in [-0.05, 0) is 18.8 Å². The van der Waals surface area contributed by atoms with Crippen molar-refractivity contribution >= 4 is 21.8 Å². The average Bonchev–Trinajstić information content (AvgIpc) is 2.69. The van der Waals surface area contributed by atoms with Crippen LogP contribution in [-0.4, -0.2) is 43.7 Å². The molecule has 1 rings (SSSR count). The van der Waals surface area contributed by atoms with Gasteiger partial charge in [0, 0.05) is 25.1 Å². The Morgan fingerprint density at radius 2 is 2.38 bits per heavy atom. The van der Waals surface area contributed by atoms with E-state index in [4.69, 9.17) is 9.47 Å². The maximum absolute atomic E-state index is 11.7. The van der Waals surface area contributed by atoms with Crippen molar-refractivity contribution in [2.45, 2.75) is 25.9 Å². The summed E-state index contributed by atoms with van der Waals surface area (Å²) in [6, 6.07) is 0. The Hall–Kier alpha value is -0.130. The van der Waals surface area contributed by atoms with E-state index in [1.54, 1.807) is 0 Å². The zero-order valence-corrected chi connectivity index (χ0v) is 11.3. The van der Waals surface area contributed by atoms with Gasteiger partial charge in [-0.3, -0.25) is 4.79 Å². The van der Waals surface area contributed by atoms with E-state index >= 15 is 0 Å². The summed E-state index contributed by atoms with van der Waals surface area (Å²) in [4.78, 5) is 11.7. The van der Waals surface area contributed by atoms with Gasteiger partial charge in [-0.1, -0.05) is 22.9 Å². The smallest absolute Gasteiger partial charge is 0.249 e. The fraction of sp³-hybridized carbons (Fsp3) is 0.909. The number of nitrogens with one attached hydrogen (secondary N) is 1. The van der Waals surface area contributed by atoms with Crippen molar-refractivity contribution in [1.82, 2.24) is 5.32 Å². The van der Waals surface area contributed by atoms with Gasteiger partial charge < -0.3 is 14.8 Å². The lowest BCUT2D eigenvalue weighted by Gasteiger charge is -2.14. The van der Waals surface area contributed by atoms with E-state index < -0.39 is 0 Å². The van der Waals surface area contributed by atoms with Crippen molar-refractivity contribution in [3.63, 3.8) is 0 Å². The van der Waals surface area contributed by atoms with E-state index in [0.717, 1.165) is 24.8 Å². The minimum absolute atomic E-state index is 0.0190. The summed E-state index contributed by atoms with van der Waals surface area (Å²) >= 11 is 3.28. The molecule has 16 heavy (non-hydrogen) atoms. The van der Waals surface area contributed by atoms with Crippen LogP contribution >= 0.6 is 15.9 Å². The highest BCUT2D eigenvalue weighted by Crippen LogP contribution is 2.19. The molecule has 1 amide bonds. The second-order valence-corrected chi connectivity index (χ2v) is 4.80. The van der Waals surface area contributed by atoms with E-state index in [-0.39, 0.29) is 12.0 Å². The Morgan fingerprint density at radius 1 is 1.56 bits per heavy atom. The molecule has 1 fully saturated rings. The van der Waals surface area contributed by atoms with Crippen molar-refractivity contribution in [1.29, 1.82) is 0 Å². The molecule has 0 aliphatic carbocycles. The maximum Gasteiger partial charge on any atom is 0.249 e. The maximum atomic E-state index is 11.7. The van der Waals surface area contributed by atoms with Crippen LogP contribution in [0.1, 0.15) is 19.8 Å². The predicted molar refractivity (Wildman–Crippen MR) is 65.8 cm³/mol. The van der Waals surface area contributed by atoms with Crippen LogP contribution in [0.15, 0.2) is 0 Å². The third-order valence-corrected chi connectivity index (χ3v) is 2.96. The van der Waals surface area contributed by atoms with Crippen LogP contribution in [0.4, 0.5) is 0 Å². The largest absolute Gasteiger partial charge is 0.381 e. The van der Waals surface area contributed by atoms with Gasteiger partial charge >= 0.3 is 0 Å². The molecule has 0 aromatic carbocycles. The zero-order chi connectivity index (χ0) is 11.8. The molecule has 0 aromatic heterocycles. The number of halogens is 1. The molecule has 0 saturated carbocycles. The van der Waals surface area contributed by atoms with Gasteiger partial charge in [0.15, 0.2) is 0 Å². The van der Waals surface area contributed by atoms with E-state index in [1.165, 1.54) is 0 Å². The Morgan fingerprint density at radius 3 is 3.00 bits per heavy atom. The SMILES string of the molecule is CC1CCOC1C(=O)NCCCOCCBr. The van der Waals surface area contributed by atoms with E-state index in [9.17, 15) is 4.79 Å². The monoisotopic (exact) mass is 293 g/mol.